The van der Waals surface area contributed by atoms with Crippen LogP contribution in [0.5, 0.6) is 0 Å². The van der Waals surface area contributed by atoms with Crippen molar-refractivity contribution >= 4 is 109 Å². The summed E-state index contributed by atoms with van der Waals surface area (Å²) >= 11 is 0. The fraction of sp³-hybridized carbons (Fsp3) is 0. The molecule has 0 aliphatic rings. The Kier molecular flexibility index (Phi) is 7.10. The maximum atomic E-state index is 5.47. The molecule has 0 aliphatic carbocycles. The van der Waals surface area contributed by atoms with Gasteiger partial charge in [-0.25, -0.2) is 0 Å². The summed E-state index contributed by atoms with van der Waals surface area (Å²) in [5.74, 6) is 1.69. The molecular weight excluding hydrogens is 807 g/mol. The predicted molar refractivity (Wildman–Crippen MR) is 272 cm³/mol. The maximum absolute atomic E-state index is 5.47. The normalized spacial score (nSPS) is 12.2. The largest absolute Gasteiger partial charge is 0.294 e. The third-order valence-corrected chi connectivity index (χ3v) is 13.8. The minimum atomic E-state index is 0.552. The first-order valence-corrected chi connectivity index (χ1v) is 22.4. The second-order valence-corrected chi connectivity index (χ2v) is 17.2. The highest BCUT2D eigenvalue weighted by atomic mass is 15.3. The van der Waals surface area contributed by atoms with Crippen molar-refractivity contribution in [2.24, 2.45) is 0 Å². The van der Waals surface area contributed by atoms with Crippen LogP contribution in [0.2, 0.25) is 0 Å². The van der Waals surface area contributed by atoms with Crippen molar-refractivity contribution in [1.29, 1.82) is 0 Å². The van der Waals surface area contributed by atoms with E-state index in [0.29, 0.717) is 17.7 Å². The SMILES string of the molecule is c1ccc2c(c1)c1ccccc1n2-c1nc(-c2ccc3c(c2)c2ccccc2n2c4ccccc4c4c5ccccc5n(c5ccccc35)c42)nc(-n2c3ccccc3c3ccccc32)n1. The average Bonchev–Trinajstić information content (AvgIpc) is 4.11. The summed E-state index contributed by atoms with van der Waals surface area (Å²) in [5.41, 5.74) is 10.7. The van der Waals surface area contributed by atoms with Gasteiger partial charge in [-0.05, 0) is 65.4 Å². The van der Waals surface area contributed by atoms with Crippen LogP contribution in [0.15, 0.2) is 212 Å². The first-order valence-electron chi connectivity index (χ1n) is 22.4. The van der Waals surface area contributed by atoms with Crippen molar-refractivity contribution < 1.29 is 0 Å². The molecule has 6 heterocycles. The van der Waals surface area contributed by atoms with E-state index in [0.717, 1.165) is 92.9 Å². The van der Waals surface area contributed by atoms with Crippen molar-refractivity contribution in [3.8, 4) is 23.3 Å². The zero-order valence-corrected chi connectivity index (χ0v) is 35.3. The van der Waals surface area contributed by atoms with Gasteiger partial charge in [0.1, 0.15) is 5.65 Å². The van der Waals surface area contributed by atoms with Gasteiger partial charge in [0.05, 0.1) is 44.1 Å². The van der Waals surface area contributed by atoms with Gasteiger partial charge in [-0.15, -0.1) is 0 Å². The second-order valence-electron chi connectivity index (χ2n) is 17.2. The monoisotopic (exact) mass is 841 g/mol. The summed E-state index contributed by atoms with van der Waals surface area (Å²) in [7, 11) is 0. The van der Waals surface area contributed by atoms with Gasteiger partial charge < -0.3 is 0 Å². The fourth-order valence-electron chi connectivity index (χ4n) is 11.1. The van der Waals surface area contributed by atoms with Gasteiger partial charge in [-0.3, -0.25) is 17.9 Å². The topological polar surface area (TPSA) is 57.4 Å². The molecule has 6 aromatic heterocycles. The second kappa shape index (κ2) is 13.2. The van der Waals surface area contributed by atoms with E-state index >= 15 is 0 Å². The van der Waals surface area contributed by atoms with E-state index in [1.54, 1.807) is 0 Å². The van der Waals surface area contributed by atoms with Crippen LogP contribution in [0.25, 0.3) is 132 Å². The number of nitrogens with zero attached hydrogens (tertiary/aromatic N) is 7. The van der Waals surface area contributed by atoms with Crippen molar-refractivity contribution in [2.75, 3.05) is 0 Å². The summed E-state index contributed by atoms with van der Waals surface area (Å²) in [5, 5.41) is 12.8. The molecule has 0 saturated heterocycles. The Morgan fingerprint density at radius 1 is 0.258 bits per heavy atom. The fourth-order valence-corrected chi connectivity index (χ4v) is 11.1. The summed E-state index contributed by atoms with van der Waals surface area (Å²) < 4.78 is 9.33. The number of benzene rings is 9. The van der Waals surface area contributed by atoms with Gasteiger partial charge in [0.2, 0.25) is 11.9 Å². The van der Waals surface area contributed by atoms with Gasteiger partial charge in [-0.2, -0.15) is 15.0 Å². The molecule has 7 nitrogen and oxygen atoms in total. The lowest BCUT2D eigenvalue weighted by atomic mass is 10.0. The maximum Gasteiger partial charge on any atom is 0.240 e. The molecule has 9 aromatic carbocycles. The number of hydrogen-bond donors (Lipinski definition) is 0. The first-order chi connectivity index (χ1) is 32.8. The van der Waals surface area contributed by atoms with Crippen LogP contribution in [0.3, 0.4) is 0 Å². The molecule has 0 amide bonds. The van der Waals surface area contributed by atoms with Crippen LogP contribution in [-0.2, 0) is 0 Å². The highest BCUT2D eigenvalue weighted by Gasteiger charge is 2.23. The molecule has 0 bridgehead atoms. The highest BCUT2D eigenvalue weighted by Crippen LogP contribution is 2.42. The molecule has 15 aromatic rings. The van der Waals surface area contributed by atoms with Gasteiger partial charge in [-0.1, -0.05) is 158 Å². The summed E-state index contributed by atoms with van der Waals surface area (Å²) in [6.45, 7) is 0. The Morgan fingerprint density at radius 2 is 0.576 bits per heavy atom. The molecular formula is C59H35N7. The van der Waals surface area contributed by atoms with Crippen molar-refractivity contribution in [3.63, 3.8) is 0 Å². The van der Waals surface area contributed by atoms with Gasteiger partial charge in [0.25, 0.3) is 0 Å². The Hall–Kier alpha value is -9.07. The van der Waals surface area contributed by atoms with Crippen molar-refractivity contribution in [1.82, 2.24) is 32.9 Å². The van der Waals surface area contributed by atoms with Crippen LogP contribution in [0.1, 0.15) is 0 Å². The third kappa shape index (κ3) is 4.72. The van der Waals surface area contributed by atoms with E-state index in [2.05, 4.69) is 230 Å². The van der Waals surface area contributed by atoms with E-state index in [9.17, 15) is 0 Å². The van der Waals surface area contributed by atoms with Crippen molar-refractivity contribution in [2.45, 2.75) is 0 Å². The molecule has 306 valence electrons. The molecule has 0 atom stereocenters. The molecule has 0 fully saturated rings. The number of hydrogen-bond acceptors (Lipinski definition) is 3. The van der Waals surface area contributed by atoms with E-state index in [1.807, 2.05) is 0 Å². The van der Waals surface area contributed by atoms with Crippen molar-refractivity contribution in [3.05, 3.63) is 212 Å². The smallest absolute Gasteiger partial charge is 0.240 e. The molecule has 0 unspecified atom stereocenters. The van der Waals surface area contributed by atoms with Crippen LogP contribution < -0.4 is 0 Å². The first kappa shape index (κ1) is 35.4. The number of fused-ring (bicyclic) bond motifs is 19. The quantitative estimate of drug-likeness (QED) is 0.178. The summed E-state index contributed by atoms with van der Waals surface area (Å²) in [6.07, 6.45) is 0. The van der Waals surface area contributed by atoms with Crippen LogP contribution in [-0.4, -0.2) is 32.9 Å². The average molecular weight is 842 g/mol. The molecule has 66 heavy (non-hydrogen) atoms. The molecule has 0 saturated carbocycles. The molecule has 0 aliphatic heterocycles. The lowest BCUT2D eigenvalue weighted by Gasteiger charge is -2.13. The van der Waals surface area contributed by atoms with Crippen LogP contribution in [0.4, 0.5) is 0 Å². The van der Waals surface area contributed by atoms with Crippen LogP contribution >= 0.6 is 0 Å². The number of rotatable bonds is 3. The van der Waals surface area contributed by atoms with E-state index in [1.165, 1.54) is 21.7 Å². The van der Waals surface area contributed by atoms with E-state index in [4.69, 9.17) is 15.0 Å². The standard InChI is InChI=1S/C59H35N7/c1-9-25-47-38(17-1)37-34-33-36(35-46(37)43-22-6-10-26-48(43)64-54-32-16-8-24-45(54)55-44-23-7-15-31-53(44)63(47)57(55)64)56-60-58(65-49-27-11-2-18-39(49)40-19-3-12-28-50(40)65)62-59(61-56)66-51-29-13-4-20-41(51)42-21-5-14-30-52(42)66/h1-35H. The Balaban J connectivity index is 1.11. The number of para-hydroxylation sites is 8. The van der Waals surface area contributed by atoms with E-state index in [-0.39, 0.29) is 0 Å². The van der Waals surface area contributed by atoms with Gasteiger partial charge in [0.15, 0.2) is 5.82 Å². The van der Waals surface area contributed by atoms with E-state index < -0.39 is 0 Å². The molecule has 0 radical (unpaired) electrons. The van der Waals surface area contributed by atoms with Gasteiger partial charge in [0, 0.05) is 54.0 Å². The minimum Gasteiger partial charge on any atom is -0.294 e. The summed E-state index contributed by atoms with van der Waals surface area (Å²) in [4.78, 5) is 16.4. The molecule has 0 spiro atoms. The lowest BCUT2D eigenvalue weighted by molar-refractivity contribution is 0.893. The Labute approximate surface area is 375 Å². The zero-order chi connectivity index (χ0) is 43.0. The Morgan fingerprint density at radius 3 is 0.985 bits per heavy atom. The predicted octanol–water partition coefficient (Wildman–Crippen LogP) is 14.6. The third-order valence-electron chi connectivity index (χ3n) is 13.8. The number of aromatic nitrogens is 7. The minimum absolute atomic E-state index is 0.552. The van der Waals surface area contributed by atoms with Crippen LogP contribution in [0, 0.1) is 0 Å². The van der Waals surface area contributed by atoms with Gasteiger partial charge >= 0.3 is 0 Å². The zero-order valence-electron chi connectivity index (χ0n) is 35.3. The molecule has 15 rings (SSSR count). The lowest BCUT2D eigenvalue weighted by Crippen LogP contribution is -2.10. The molecule has 7 heteroatoms. The molecule has 0 N–H and O–H groups in total. The highest BCUT2D eigenvalue weighted by molar-refractivity contribution is 6.25. The summed E-state index contributed by atoms with van der Waals surface area (Å²) in [6, 6.07) is 76.1. The Bertz CT molecular complexity index is 4360.